The highest BCUT2D eigenvalue weighted by molar-refractivity contribution is 5.75. The third kappa shape index (κ3) is 5.11. The number of nitro groups is 2. The SMILES string of the molecule is Cc1ccc([C@H](CNc2c([N+](=O)[O-])cc(C(F)(F)F)cc2[N+](=O)[O-])N2CCOCC2)o1. The number of ether oxygens (including phenoxy) is 1. The number of halogens is 3. The molecule has 0 spiro atoms. The van der Waals surface area contributed by atoms with Crippen LogP contribution < -0.4 is 5.32 Å². The molecule has 0 radical (unpaired) electrons. The molecule has 0 saturated carbocycles. The van der Waals surface area contributed by atoms with Crippen LogP contribution in [0.2, 0.25) is 0 Å². The van der Waals surface area contributed by atoms with Crippen molar-refractivity contribution in [1.29, 1.82) is 0 Å². The lowest BCUT2D eigenvalue weighted by Gasteiger charge is -2.33. The average molecular weight is 444 g/mol. The summed E-state index contributed by atoms with van der Waals surface area (Å²) in [6, 6.07) is 3.55. The number of morpholine rings is 1. The van der Waals surface area contributed by atoms with Crippen LogP contribution in [0.4, 0.5) is 30.2 Å². The predicted octanol–water partition coefficient (Wildman–Crippen LogP) is 3.91. The van der Waals surface area contributed by atoms with Crippen molar-refractivity contribution >= 4 is 17.1 Å². The molecule has 13 heteroatoms. The van der Waals surface area contributed by atoms with Gasteiger partial charge in [-0.1, -0.05) is 0 Å². The Morgan fingerprint density at radius 3 is 2.16 bits per heavy atom. The first-order valence-corrected chi connectivity index (χ1v) is 9.24. The Morgan fingerprint density at radius 2 is 1.71 bits per heavy atom. The topological polar surface area (TPSA) is 124 Å². The highest BCUT2D eigenvalue weighted by Crippen LogP contribution is 2.41. The third-order valence-corrected chi connectivity index (χ3v) is 4.87. The van der Waals surface area contributed by atoms with Crippen LogP contribution in [0, 0.1) is 27.2 Å². The number of furan rings is 1. The summed E-state index contributed by atoms with van der Waals surface area (Å²) in [7, 11) is 0. The lowest BCUT2D eigenvalue weighted by molar-refractivity contribution is -0.392. The van der Waals surface area contributed by atoms with E-state index in [-0.39, 0.29) is 18.7 Å². The van der Waals surface area contributed by atoms with Gasteiger partial charge < -0.3 is 14.5 Å². The standard InChI is InChI=1S/C18H19F3N4O6/c1-11-2-3-16(31-11)15(23-4-6-30-7-5-23)10-22-17-13(24(26)27)8-12(18(19,20)21)9-14(17)25(28)29/h2-3,8-9,15,22H,4-7,10H2,1H3/t15-/m0/s1. The molecule has 0 bridgehead atoms. The molecule has 1 atom stereocenters. The van der Waals surface area contributed by atoms with E-state index in [1.165, 1.54) is 0 Å². The molecule has 1 aromatic heterocycles. The number of nitrogens with zero attached hydrogens (tertiary/aromatic N) is 3. The largest absolute Gasteiger partial charge is 0.465 e. The van der Waals surface area contributed by atoms with Gasteiger partial charge in [0.05, 0.1) is 34.7 Å². The fraction of sp³-hybridized carbons (Fsp3) is 0.444. The number of hydrogen-bond acceptors (Lipinski definition) is 8. The molecule has 0 amide bonds. The Morgan fingerprint density at radius 1 is 1.13 bits per heavy atom. The van der Waals surface area contributed by atoms with Gasteiger partial charge in [0.2, 0.25) is 0 Å². The number of benzene rings is 1. The Hall–Kier alpha value is -3.19. The van der Waals surface area contributed by atoms with Gasteiger partial charge in [-0.3, -0.25) is 25.1 Å². The van der Waals surface area contributed by atoms with Gasteiger partial charge in [0.1, 0.15) is 11.5 Å². The second-order valence-electron chi connectivity index (χ2n) is 6.89. The number of aryl methyl sites for hydroxylation is 1. The molecule has 3 rings (SSSR count). The van der Waals surface area contributed by atoms with E-state index >= 15 is 0 Å². The summed E-state index contributed by atoms with van der Waals surface area (Å²) in [5, 5.41) is 25.5. The zero-order valence-corrected chi connectivity index (χ0v) is 16.3. The van der Waals surface area contributed by atoms with E-state index in [4.69, 9.17) is 9.15 Å². The molecule has 1 aromatic carbocycles. The summed E-state index contributed by atoms with van der Waals surface area (Å²) in [4.78, 5) is 22.7. The molecule has 31 heavy (non-hydrogen) atoms. The van der Waals surface area contributed by atoms with E-state index in [1.807, 2.05) is 4.90 Å². The molecule has 0 aliphatic carbocycles. The van der Waals surface area contributed by atoms with Crippen molar-refractivity contribution in [1.82, 2.24) is 4.90 Å². The quantitative estimate of drug-likeness (QED) is 0.504. The molecule has 2 aromatic rings. The van der Waals surface area contributed by atoms with E-state index in [0.29, 0.717) is 37.8 Å². The third-order valence-electron chi connectivity index (χ3n) is 4.87. The van der Waals surface area contributed by atoms with Crippen molar-refractivity contribution < 1.29 is 32.2 Å². The van der Waals surface area contributed by atoms with Crippen molar-refractivity contribution in [2.24, 2.45) is 0 Å². The van der Waals surface area contributed by atoms with Gasteiger partial charge in [-0.05, 0) is 19.1 Å². The summed E-state index contributed by atoms with van der Waals surface area (Å²) in [6.45, 7) is 3.58. The number of anilines is 1. The van der Waals surface area contributed by atoms with Crippen molar-refractivity contribution in [3.8, 4) is 0 Å². The van der Waals surface area contributed by atoms with Gasteiger partial charge in [0.15, 0.2) is 5.69 Å². The van der Waals surface area contributed by atoms with Gasteiger partial charge in [0.25, 0.3) is 11.4 Å². The number of nitro benzene ring substituents is 2. The number of nitrogens with one attached hydrogen (secondary N) is 1. The summed E-state index contributed by atoms with van der Waals surface area (Å²) < 4.78 is 50.3. The molecule has 0 unspecified atom stereocenters. The molecule has 168 valence electrons. The van der Waals surface area contributed by atoms with Crippen LogP contribution in [0.5, 0.6) is 0 Å². The van der Waals surface area contributed by atoms with Crippen molar-refractivity contribution in [3.05, 3.63) is 61.6 Å². The second kappa shape index (κ2) is 8.89. The Kier molecular flexibility index (Phi) is 6.45. The minimum Gasteiger partial charge on any atom is -0.465 e. The average Bonchev–Trinajstić information content (AvgIpc) is 3.13. The van der Waals surface area contributed by atoms with Crippen molar-refractivity contribution in [3.63, 3.8) is 0 Å². The van der Waals surface area contributed by atoms with Crippen LogP contribution in [0.15, 0.2) is 28.7 Å². The van der Waals surface area contributed by atoms with Crippen molar-refractivity contribution in [2.45, 2.75) is 19.1 Å². The first-order valence-electron chi connectivity index (χ1n) is 9.24. The van der Waals surface area contributed by atoms with E-state index in [9.17, 15) is 33.4 Å². The van der Waals surface area contributed by atoms with Crippen LogP contribution >= 0.6 is 0 Å². The maximum absolute atomic E-state index is 13.1. The molecular formula is C18H19F3N4O6. The highest BCUT2D eigenvalue weighted by Gasteiger charge is 2.38. The summed E-state index contributed by atoms with van der Waals surface area (Å²) >= 11 is 0. The fourth-order valence-electron chi connectivity index (χ4n) is 3.37. The van der Waals surface area contributed by atoms with Crippen LogP contribution in [-0.2, 0) is 10.9 Å². The number of alkyl halides is 3. The van der Waals surface area contributed by atoms with Crippen LogP contribution in [0.3, 0.4) is 0 Å². The zero-order valence-electron chi connectivity index (χ0n) is 16.3. The van der Waals surface area contributed by atoms with E-state index in [0.717, 1.165) is 0 Å². The molecule has 1 N–H and O–H groups in total. The Balaban J connectivity index is 1.98. The van der Waals surface area contributed by atoms with Crippen molar-refractivity contribution in [2.75, 3.05) is 38.2 Å². The van der Waals surface area contributed by atoms with Crippen LogP contribution in [0.1, 0.15) is 23.1 Å². The van der Waals surface area contributed by atoms with E-state index in [2.05, 4.69) is 5.32 Å². The van der Waals surface area contributed by atoms with Gasteiger partial charge in [0, 0.05) is 31.8 Å². The van der Waals surface area contributed by atoms with Crippen LogP contribution in [-0.4, -0.2) is 47.6 Å². The maximum Gasteiger partial charge on any atom is 0.416 e. The number of rotatable bonds is 7. The minimum absolute atomic E-state index is 0.0694. The normalized spacial score (nSPS) is 16.1. The maximum atomic E-state index is 13.1. The Labute approximate surface area is 173 Å². The summed E-state index contributed by atoms with van der Waals surface area (Å²) in [5.41, 5.74) is -4.12. The second-order valence-corrected chi connectivity index (χ2v) is 6.89. The Bertz CT molecular complexity index is 936. The number of hydrogen-bond donors (Lipinski definition) is 1. The molecule has 1 saturated heterocycles. The van der Waals surface area contributed by atoms with E-state index < -0.39 is 44.7 Å². The fourth-order valence-corrected chi connectivity index (χ4v) is 3.37. The molecule has 1 aliphatic heterocycles. The van der Waals surface area contributed by atoms with Gasteiger partial charge in [-0.2, -0.15) is 13.2 Å². The molecule has 10 nitrogen and oxygen atoms in total. The smallest absolute Gasteiger partial charge is 0.416 e. The zero-order chi connectivity index (χ0) is 22.8. The first-order chi connectivity index (χ1) is 14.6. The monoisotopic (exact) mass is 444 g/mol. The molecule has 1 fully saturated rings. The summed E-state index contributed by atoms with van der Waals surface area (Å²) in [5.74, 6) is 1.14. The predicted molar refractivity (Wildman–Crippen MR) is 102 cm³/mol. The minimum atomic E-state index is -4.98. The molecular weight excluding hydrogens is 425 g/mol. The van der Waals surface area contributed by atoms with Gasteiger partial charge >= 0.3 is 6.18 Å². The lowest BCUT2D eigenvalue weighted by atomic mass is 10.1. The summed E-state index contributed by atoms with van der Waals surface area (Å²) in [6.07, 6.45) is -4.98. The molecule has 2 heterocycles. The first kappa shape index (κ1) is 22.5. The molecule has 1 aliphatic rings. The van der Waals surface area contributed by atoms with Gasteiger partial charge in [-0.25, -0.2) is 0 Å². The van der Waals surface area contributed by atoms with Gasteiger partial charge in [-0.15, -0.1) is 0 Å². The highest BCUT2D eigenvalue weighted by atomic mass is 19.4. The van der Waals surface area contributed by atoms with Crippen LogP contribution in [0.25, 0.3) is 0 Å². The van der Waals surface area contributed by atoms with E-state index in [1.54, 1.807) is 19.1 Å². The lowest BCUT2D eigenvalue weighted by Crippen LogP contribution is -2.41.